The Labute approximate surface area is 90.6 Å². The van der Waals surface area contributed by atoms with Crippen molar-refractivity contribution in [3.05, 3.63) is 0 Å². The molecule has 0 amide bonds. The van der Waals surface area contributed by atoms with E-state index in [-0.39, 0.29) is 6.04 Å². The summed E-state index contributed by atoms with van der Waals surface area (Å²) in [7, 11) is 1.05. The zero-order valence-corrected chi connectivity index (χ0v) is 10.2. The fourth-order valence-corrected chi connectivity index (χ4v) is 1.91. The van der Waals surface area contributed by atoms with Crippen LogP contribution in [-0.2, 0) is 14.9 Å². The average molecular weight is 245 g/mol. The zero-order valence-electron chi connectivity index (χ0n) is 8.66. The lowest BCUT2D eigenvalue weighted by molar-refractivity contribution is 0.172. The van der Waals surface area contributed by atoms with E-state index in [1.807, 2.05) is 0 Å². The molecule has 1 atom stereocenters. The molecule has 0 rings (SSSR count). The van der Waals surface area contributed by atoms with Crippen LogP contribution in [0.4, 0.5) is 0 Å². The maximum atomic E-state index is 11.4. The van der Waals surface area contributed by atoms with Crippen molar-refractivity contribution in [1.29, 1.82) is 0 Å². The Hall–Kier alpha value is 0.120. The molecule has 0 aromatic carbocycles. The SMILES string of the molecule is COCC(CCCl)NS(=O)(=O)N(C)C. The summed E-state index contributed by atoms with van der Waals surface area (Å²) >= 11 is 5.54. The molecule has 0 heterocycles. The van der Waals surface area contributed by atoms with Crippen LogP contribution in [0.5, 0.6) is 0 Å². The van der Waals surface area contributed by atoms with Gasteiger partial charge in [-0.1, -0.05) is 0 Å². The van der Waals surface area contributed by atoms with Gasteiger partial charge in [0.25, 0.3) is 10.2 Å². The van der Waals surface area contributed by atoms with Crippen molar-refractivity contribution in [2.45, 2.75) is 12.5 Å². The molecule has 1 unspecified atom stereocenters. The molecule has 0 saturated heterocycles. The highest BCUT2D eigenvalue weighted by Crippen LogP contribution is 1.99. The van der Waals surface area contributed by atoms with Crippen LogP contribution in [0.15, 0.2) is 0 Å². The van der Waals surface area contributed by atoms with Gasteiger partial charge in [0.15, 0.2) is 0 Å². The van der Waals surface area contributed by atoms with Gasteiger partial charge in [0, 0.05) is 33.1 Å². The van der Waals surface area contributed by atoms with E-state index in [1.54, 1.807) is 0 Å². The zero-order chi connectivity index (χ0) is 11.2. The number of ether oxygens (including phenoxy) is 1. The van der Waals surface area contributed by atoms with Crippen LogP contribution in [0.3, 0.4) is 0 Å². The summed E-state index contributed by atoms with van der Waals surface area (Å²) in [5.74, 6) is 0.393. The van der Waals surface area contributed by atoms with Gasteiger partial charge in [-0.2, -0.15) is 17.4 Å². The molecule has 5 nitrogen and oxygen atoms in total. The van der Waals surface area contributed by atoms with Gasteiger partial charge in [0.1, 0.15) is 0 Å². The molecule has 0 fully saturated rings. The summed E-state index contributed by atoms with van der Waals surface area (Å²) in [5, 5.41) is 0. The molecule has 0 radical (unpaired) electrons. The number of nitrogens with one attached hydrogen (secondary N) is 1. The highest BCUT2D eigenvalue weighted by molar-refractivity contribution is 7.87. The monoisotopic (exact) mass is 244 g/mol. The number of alkyl halides is 1. The number of halogens is 1. The molecule has 0 bridgehead atoms. The summed E-state index contributed by atoms with van der Waals surface area (Å²) in [4.78, 5) is 0. The molecular formula is C7H17ClN2O3S. The molecule has 0 aliphatic heterocycles. The van der Waals surface area contributed by atoms with Gasteiger partial charge in [-0.15, -0.1) is 11.6 Å². The maximum absolute atomic E-state index is 11.4. The fraction of sp³-hybridized carbons (Fsp3) is 1.00. The van der Waals surface area contributed by atoms with Crippen LogP contribution in [0, 0.1) is 0 Å². The lowest BCUT2D eigenvalue weighted by Gasteiger charge is -2.19. The van der Waals surface area contributed by atoms with Crippen LogP contribution in [-0.4, -0.2) is 52.5 Å². The summed E-state index contributed by atoms with van der Waals surface area (Å²) < 4.78 is 31.3. The molecule has 1 N–H and O–H groups in total. The highest BCUT2D eigenvalue weighted by atomic mass is 35.5. The van der Waals surface area contributed by atoms with Crippen LogP contribution < -0.4 is 4.72 Å². The van der Waals surface area contributed by atoms with E-state index in [0.29, 0.717) is 18.9 Å². The quantitative estimate of drug-likeness (QED) is 0.643. The number of nitrogens with zero attached hydrogens (tertiary/aromatic N) is 1. The van der Waals surface area contributed by atoms with Crippen molar-refractivity contribution in [1.82, 2.24) is 9.03 Å². The number of methoxy groups -OCH3 is 1. The molecule has 0 aromatic heterocycles. The van der Waals surface area contributed by atoms with Gasteiger partial charge in [-0.05, 0) is 6.42 Å². The lowest BCUT2D eigenvalue weighted by Crippen LogP contribution is -2.44. The van der Waals surface area contributed by atoms with E-state index < -0.39 is 10.2 Å². The van der Waals surface area contributed by atoms with E-state index in [4.69, 9.17) is 16.3 Å². The average Bonchev–Trinajstić information content (AvgIpc) is 2.04. The Morgan fingerprint density at radius 1 is 1.50 bits per heavy atom. The minimum Gasteiger partial charge on any atom is -0.383 e. The topological polar surface area (TPSA) is 58.6 Å². The Morgan fingerprint density at radius 2 is 2.07 bits per heavy atom. The third kappa shape index (κ3) is 5.11. The standard InChI is InChI=1S/C7H17ClN2O3S/c1-10(2)14(11,12)9-7(4-5-8)6-13-3/h7,9H,4-6H2,1-3H3. The Balaban J connectivity index is 4.28. The van der Waals surface area contributed by atoms with E-state index in [9.17, 15) is 8.42 Å². The van der Waals surface area contributed by atoms with Crippen molar-refractivity contribution in [3.63, 3.8) is 0 Å². The molecular weight excluding hydrogens is 228 g/mol. The normalized spacial score (nSPS) is 14.6. The maximum Gasteiger partial charge on any atom is 0.279 e. The minimum absolute atomic E-state index is 0.273. The van der Waals surface area contributed by atoms with Gasteiger partial charge < -0.3 is 4.74 Å². The number of rotatable bonds is 7. The van der Waals surface area contributed by atoms with Gasteiger partial charge in [0.2, 0.25) is 0 Å². The second-order valence-electron chi connectivity index (χ2n) is 3.04. The fourth-order valence-electron chi connectivity index (χ4n) is 0.825. The van der Waals surface area contributed by atoms with E-state index in [1.165, 1.54) is 21.2 Å². The summed E-state index contributed by atoms with van der Waals surface area (Å²) in [6.07, 6.45) is 0.544. The van der Waals surface area contributed by atoms with Crippen LogP contribution in [0.25, 0.3) is 0 Å². The first-order valence-corrected chi connectivity index (χ1v) is 6.16. The van der Waals surface area contributed by atoms with E-state index in [2.05, 4.69) is 4.72 Å². The van der Waals surface area contributed by atoms with Crippen molar-refractivity contribution in [2.24, 2.45) is 0 Å². The van der Waals surface area contributed by atoms with Crippen molar-refractivity contribution < 1.29 is 13.2 Å². The lowest BCUT2D eigenvalue weighted by atomic mass is 10.3. The van der Waals surface area contributed by atoms with E-state index >= 15 is 0 Å². The van der Waals surface area contributed by atoms with Crippen LogP contribution >= 0.6 is 11.6 Å². The smallest absolute Gasteiger partial charge is 0.279 e. The van der Waals surface area contributed by atoms with Crippen molar-refractivity contribution >= 4 is 21.8 Å². The number of hydrogen-bond acceptors (Lipinski definition) is 3. The first kappa shape index (κ1) is 14.1. The van der Waals surface area contributed by atoms with Gasteiger partial charge in [0.05, 0.1) is 6.61 Å². The molecule has 0 aliphatic rings. The molecule has 0 saturated carbocycles. The number of hydrogen-bond donors (Lipinski definition) is 1. The Morgan fingerprint density at radius 3 is 2.43 bits per heavy atom. The predicted octanol–water partition coefficient (Wildman–Crippen LogP) is 0.0263. The highest BCUT2D eigenvalue weighted by Gasteiger charge is 2.19. The Bertz CT molecular complexity index is 237. The minimum atomic E-state index is -3.40. The van der Waals surface area contributed by atoms with Gasteiger partial charge in [-0.3, -0.25) is 0 Å². The van der Waals surface area contributed by atoms with Crippen molar-refractivity contribution in [3.8, 4) is 0 Å². The van der Waals surface area contributed by atoms with Gasteiger partial charge in [-0.25, -0.2) is 0 Å². The molecule has 14 heavy (non-hydrogen) atoms. The summed E-state index contributed by atoms with van der Waals surface area (Å²) in [6, 6.07) is -0.273. The van der Waals surface area contributed by atoms with E-state index in [0.717, 1.165) is 4.31 Å². The third-order valence-electron chi connectivity index (χ3n) is 1.62. The molecule has 7 heteroatoms. The first-order valence-electron chi connectivity index (χ1n) is 4.18. The van der Waals surface area contributed by atoms with Gasteiger partial charge >= 0.3 is 0 Å². The molecule has 0 aliphatic carbocycles. The predicted molar refractivity (Wildman–Crippen MR) is 56.7 cm³/mol. The largest absolute Gasteiger partial charge is 0.383 e. The van der Waals surface area contributed by atoms with Crippen LogP contribution in [0.2, 0.25) is 0 Å². The summed E-state index contributed by atoms with van der Waals surface area (Å²) in [6.45, 7) is 0.319. The Kier molecular flexibility index (Phi) is 6.63. The second kappa shape index (κ2) is 6.58. The summed E-state index contributed by atoms with van der Waals surface area (Å²) in [5.41, 5.74) is 0. The molecule has 86 valence electrons. The third-order valence-corrected chi connectivity index (χ3v) is 3.43. The first-order chi connectivity index (χ1) is 6.44. The van der Waals surface area contributed by atoms with Crippen molar-refractivity contribution in [2.75, 3.05) is 33.7 Å². The molecule has 0 aromatic rings. The van der Waals surface area contributed by atoms with Crippen LogP contribution in [0.1, 0.15) is 6.42 Å². The molecule has 0 spiro atoms. The second-order valence-corrected chi connectivity index (χ2v) is 5.33.